The largest absolute Gasteiger partial charge is 0.454 e. The molecule has 7 heteroatoms. The third kappa shape index (κ3) is 4.72. The average Bonchev–Trinajstić information content (AvgIpc) is 3.26. The van der Waals surface area contributed by atoms with Crippen LogP contribution in [0.3, 0.4) is 0 Å². The van der Waals surface area contributed by atoms with Gasteiger partial charge in [-0.2, -0.15) is 0 Å². The molecule has 0 radical (unpaired) electrons. The van der Waals surface area contributed by atoms with Crippen molar-refractivity contribution in [1.29, 1.82) is 0 Å². The summed E-state index contributed by atoms with van der Waals surface area (Å²) in [5, 5.41) is 8.81. The molecule has 27 heavy (non-hydrogen) atoms. The minimum absolute atomic E-state index is 0.0867. The van der Waals surface area contributed by atoms with E-state index in [2.05, 4.69) is 11.5 Å². The first kappa shape index (κ1) is 21.5. The molecule has 2 aliphatic rings. The summed E-state index contributed by atoms with van der Waals surface area (Å²) in [4.78, 5) is 41.7. The Balaban J connectivity index is 2.18. The Bertz CT molecular complexity index is 676. The van der Waals surface area contributed by atoms with Crippen molar-refractivity contribution >= 4 is 17.5 Å². The minimum Gasteiger partial charge on any atom is -0.454 e. The standard InChI is InChI=1S/C20H28O7/c1-11(2)9-16(22)25-17-13(10-15-20(6,26-15)18(17)23)12(3)14(21)7-8-19(4,5)27-24/h7-8,11,13,15,17,24H,3,9-10H2,1-2,4-6H3. The molecule has 2 fully saturated rings. The Morgan fingerprint density at radius 1 is 1.44 bits per heavy atom. The third-order valence-electron chi connectivity index (χ3n) is 4.99. The molecular weight excluding hydrogens is 352 g/mol. The maximum absolute atomic E-state index is 12.8. The van der Waals surface area contributed by atoms with E-state index in [1.807, 2.05) is 13.8 Å². The highest BCUT2D eigenvalue weighted by molar-refractivity contribution is 6.06. The lowest BCUT2D eigenvalue weighted by Gasteiger charge is -2.31. The van der Waals surface area contributed by atoms with Crippen molar-refractivity contribution in [2.45, 2.75) is 70.9 Å². The number of Topliss-reactive ketones (excluding diaryl/α,β-unsaturated/α-hetero) is 1. The second kappa shape index (κ2) is 7.66. The topological polar surface area (TPSA) is 102 Å². The van der Waals surface area contributed by atoms with Crippen molar-refractivity contribution in [3.05, 3.63) is 24.3 Å². The Kier molecular flexibility index (Phi) is 6.09. The van der Waals surface area contributed by atoms with Crippen LogP contribution in [0.25, 0.3) is 0 Å². The summed E-state index contributed by atoms with van der Waals surface area (Å²) < 4.78 is 11.0. The number of epoxide rings is 1. The average molecular weight is 380 g/mol. The van der Waals surface area contributed by atoms with Gasteiger partial charge in [0.15, 0.2) is 17.5 Å². The summed E-state index contributed by atoms with van der Waals surface area (Å²) in [7, 11) is 0. The molecule has 1 aliphatic carbocycles. The maximum atomic E-state index is 12.8. The van der Waals surface area contributed by atoms with Gasteiger partial charge in [-0.05, 0) is 50.8 Å². The van der Waals surface area contributed by atoms with Crippen molar-refractivity contribution in [2.75, 3.05) is 0 Å². The summed E-state index contributed by atoms with van der Waals surface area (Å²) in [6, 6.07) is 0. The molecule has 150 valence electrons. The molecule has 0 spiro atoms. The summed E-state index contributed by atoms with van der Waals surface area (Å²) in [5.74, 6) is -1.81. The molecule has 0 aromatic carbocycles. The number of carbonyl (C=O) groups excluding carboxylic acids is 3. The summed E-state index contributed by atoms with van der Waals surface area (Å²) in [5.41, 5.74) is -1.83. The van der Waals surface area contributed by atoms with Gasteiger partial charge >= 0.3 is 5.97 Å². The minimum atomic E-state index is -1.09. The fraction of sp³-hybridized carbons (Fsp3) is 0.650. The summed E-state index contributed by atoms with van der Waals surface area (Å²) >= 11 is 0. The number of hydrogen-bond donors (Lipinski definition) is 1. The molecule has 1 saturated heterocycles. The van der Waals surface area contributed by atoms with Crippen LogP contribution in [0.5, 0.6) is 0 Å². The van der Waals surface area contributed by atoms with E-state index in [1.165, 1.54) is 12.2 Å². The highest BCUT2D eigenvalue weighted by atomic mass is 17.1. The van der Waals surface area contributed by atoms with E-state index < -0.39 is 35.0 Å². The Morgan fingerprint density at radius 3 is 2.63 bits per heavy atom. The van der Waals surface area contributed by atoms with Crippen LogP contribution in [-0.4, -0.2) is 46.2 Å². The summed E-state index contributed by atoms with van der Waals surface area (Å²) in [6.45, 7) is 12.4. The zero-order valence-electron chi connectivity index (χ0n) is 16.5. The fourth-order valence-electron chi connectivity index (χ4n) is 3.15. The van der Waals surface area contributed by atoms with Crippen molar-refractivity contribution in [1.82, 2.24) is 0 Å². The van der Waals surface area contributed by atoms with Crippen LogP contribution in [-0.2, 0) is 28.7 Å². The molecule has 4 unspecified atom stereocenters. The summed E-state index contributed by atoms with van der Waals surface area (Å²) in [6.07, 6.45) is 1.79. The molecule has 7 nitrogen and oxygen atoms in total. The third-order valence-corrected chi connectivity index (χ3v) is 4.99. The van der Waals surface area contributed by atoms with Crippen molar-refractivity contribution in [3.8, 4) is 0 Å². The smallest absolute Gasteiger partial charge is 0.306 e. The van der Waals surface area contributed by atoms with Crippen LogP contribution < -0.4 is 0 Å². The first-order valence-corrected chi connectivity index (χ1v) is 9.08. The molecule has 1 saturated carbocycles. The Morgan fingerprint density at radius 2 is 2.07 bits per heavy atom. The number of carbonyl (C=O) groups is 3. The lowest BCUT2D eigenvalue weighted by Crippen LogP contribution is -2.48. The van der Waals surface area contributed by atoms with Gasteiger partial charge in [0.1, 0.15) is 5.60 Å². The highest BCUT2D eigenvalue weighted by Crippen LogP contribution is 2.49. The van der Waals surface area contributed by atoms with E-state index in [4.69, 9.17) is 14.7 Å². The van der Waals surface area contributed by atoms with E-state index in [0.29, 0.717) is 6.42 Å². The van der Waals surface area contributed by atoms with Gasteiger partial charge in [-0.15, -0.1) is 0 Å². The molecular formula is C20H28O7. The molecule has 0 aromatic heterocycles. The number of ether oxygens (including phenoxy) is 2. The monoisotopic (exact) mass is 380 g/mol. The van der Waals surface area contributed by atoms with Crippen LogP contribution in [0.1, 0.15) is 47.5 Å². The van der Waals surface area contributed by atoms with Gasteiger partial charge in [0, 0.05) is 12.3 Å². The van der Waals surface area contributed by atoms with Gasteiger partial charge in [-0.1, -0.05) is 20.4 Å². The second-order valence-corrected chi connectivity index (χ2v) is 8.35. The van der Waals surface area contributed by atoms with E-state index in [9.17, 15) is 14.4 Å². The molecule has 1 heterocycles. The van der Waals surface area contributed by atoms with Gasteiger partial charge < -0.3 is 9.47 Å². The Labute approximate surface area is 159 Å². The van der Waals surface area contributed by atoms with Gasteiger partial charge in [0.25, 0.3) is 0 Å². The van der Waals surface area contributed by atoms with Gasteiger partial charge in [-0.25, -0.2) is 4.89 Å². The molecule has 0 aromatic rings. The van der Waals surface area contributed by atoms with E-state index >= 15 is 0 Å². The van der Waals surface area contributed by atoms with Crippen molar-refractivity contribution in [2.24, 2.45) is 11.8 Å². The normalized spacial score (nSPS) is 30.3. The number of hydrogen-bond acceptors (Lipinski definition) is 7. The first-order valence-electron chi connectivity index (χ1n) is 9.08. The SMILES string of the molecule is C=C(C(=O)C=CC(C)(C)OO)C1CC2OC2(C)C(=O)C1OC(=O)CC(C)C. The zero-order chi connectivity index (χ0) is 20.6. The Hall–Kier alpha value is -1.83. The number of fused-ring (bicyclic) bond motifs is 1. The van der Waals surface area contributed by atoms with Gasteiger partial charge in [0.05, 0.1) is 6.10 Å². The molecule has 0 bridgehead atoms. The quantitative estimate of drug-likeness (QED) is 0.227. The van der Waals surface area contributed by atoms with Gasteiger partial charge in [0.2, 0.25) is 5.78 Å². The number of allylic oxidation sites excluding steroid dienone is 1. The van der Waals surface area contributed by atoms with Crippen LogP contribution in [0.4, 0.5) is 0 Å². The van der Waals surface area contributed by atoms with Gasteiger partial charge in [-0.3, -0.25) is 19.6 Å². The van der Waals surface area contributed by atoms with Crippen LogP contribution >= 0.6 is 0 Å². The van der Waals surface area contributed by atoms with Crippen LogP contribution in [0.2, 0.25) is 0 Å². The highest BCUT2D eigenvalue weighted by Gasteiger charge is 2.66. The second-order valence-electron chi connectivity index (χ2n) is 8.35. The van der Waals surface area contributed by atoms with E-state index in [0.717, 1.165) is 0 Å². The van der Waals surface area contributed by atoms with Crippen molar-refractivity contribution in [3.63, 3.8) is 0 Å². The molecule has 1 aliphatic heterocycles. The predicted molar refractivity (Wildman–Crippen MR) is 96.8 cm³/mol. The molecule has 4 atom stereocenters. The van der Waals surface area contributed by atoms with Crippen LogP contribution in [0.15, 0.2) is 24.3 Å². The molecule has 2 rings (SSSR count). The van der Waals surface area contributed by atoms with Crippen LogP contribution in [0, 0.1) is 11.8 Å². The number of rotatable bonds is 8. The maximum Gasteiger partial charge on any atom is 0.306 e. The molecule has 1 N–H and O–H groups in total. The zero-order valence-corrected chi connectivity index (χ0v) is 16.5. The predicted octanol–water partition coefficient (Wildman–Crippen LogP) is 2.64. The van der Waals surface area contributed by atoms with E-state index in [-0.39, 0.29) is 29.8 Å². The first-order chi connectivity index (χ1) is 12.4. The number of esters is 1. The lowest BCUT2D eigenvalue weighted by atomic mass is 9.75. The van der Waals surface area contributed by atoms with Crippen molar-refractivity contribution < 1.29 is 34.0 Å². The fourth-order valence-corrected chi connectivity index (χ4v) is 3.15. The lowest BCUT2D eigenvalue weighted by molar-refractivity contribution is -0.297. The van der Waals surface area contributed by atoms with E-state index in [1.54, 1.807) is 20.8 Å². The number of ketones is 2. The molecule has 0 amide bonds.